The number of methoxy groups -OCH3 is 1. The Morgan fingerprint density at radius 1 is 1.21 bits per heavy atom. The minimum atomic E-state index is -4.16. The molecule has 0 bridgehead atoms. The van der Waals surface area contributed by atoms with Crippen LogP contribution in [0.25, 0.3) is 0 Å². The van der Waals surface area contributed by atoms with Gasteiger partial charge in [0.1, 0.15) is 10.6 Å². The minimum absolute atomic E-state index is 0.111. The molecule has 1 aromatic rings. The Bertz CT molecular complexity index is 448. The van der Waals surface area contributed by atoms with Crippen LogP contribution in [-0.4, -0.2) is 20.1 Å². The maximum Gasteiger partial charge on any atom is 0.294 e. The Balaban J connectivity index is 3.47. The van der Waals surface area contributed by atoms with Gasteiger partial charge in [0.05, 0.1) is 7.11 Å². The maximum absolute atomic E-state index is 10.9. The van der Waals surface area contributed by atoms with Crippen LogP contribution in [0.2, 0.25) is 0 Å². The second-order valence-electron chi connectivity index (χ2n) is 3.06. The van der Waals surface area contributed by atoms with Gasteiger partial charge in [-0.2, -0.15) is 8.42 Å². The fourth-order valence-corrected chi connectivity index (χ4v) is 2.03. The summed E-state index contributed by atoms with van der Waals surface area (Å²) in [7, 11) is -2.71. The second kappa shape index (κ2) is 3.59. The zero-order valence-corrected chi connectivity index (χ0v) is 9.05. The first-order chi connectivity index (χ1) is 6.36. The van der Waals surface area contributed by atoms with E-state index in [1.165, 1.54) is 13.2 Å². The standard InChI is InChI=1S/C9H12O4S/c1-6-4-7(2)9(14(10,11)12)5-8(6)13-3/h4-5H,1-3H3,(H,10,11,12). The minimum Gasteiger partial charge on any atom is -0.496 e. The molecule has 0 aliphatic heterocycles. The third kappa shape index (κ3) is 2.05. The van der Waals surface area contributed by atoms with Gasteiger partial charge in [-0.05, 0) is 25.0 Å². The number of hydrogen-bond acceptors (Lipinski definition) is 3. The van der Waals surface area contributed by atoms with E-state index >= 15 is 0 Å². The number of aryl methyl sites for hydroxylation is 2. The summed E-state index contributed by atoms with van der Waals surface area (Å²) >= 11 is 0. The Hall–Kier alpha value is -1.07. The Labute approximate surface area is 83.3 Å². The van der Waals surface area contributed by atoms with Crippen molar-refractivity contribution < 1.29 is 17.7 Å². The van der Waals surface area contributed by atoms with Crippen molar-refractivity contribution in [3.05, 3.63) is 23.3 Å². The smallest absolute Gasteiger partial charge is 0.294 e. The average Bonchev–Trinajstić information content (AvgIpc) is 2.02. The van der Waals surface area contributed by atoms with E-state index in [0.717, 1.165) is 5.56 Å². The summed E-state index contributed by atoms with van der Waals surface area (Å²) in [6, 6.07) is 2.97. The lowest BCUT2D eigenvalue weighted by molar-refractivity contribution is 0.409. The number of ether oxygens (including phenoxy) is 1. The average molecular weight is 216 g/mol. The van der Waals surface area contributed by atoms with E-state index in [1.54, 1.807) is 19.9 Å². The Morgan fingerprint density at radius 3 is 2.21 bits per heavy atom. The van der Waals surface area contributed by atoms with E-state index in [-0.39, 0.29) is 4.90 Å². The van der Waals surface area contributed by atoms with Gasteiger partial charge in [0.25, 0.3) is 10.1 Å². The van der Waals surface area contributed by atoms with E-state index in [0.29, 0.717) is 11.3 Å². The van der Waals surface area contributed by atoms with Gasteiger partial charge < -0.3 is 4.74 Å². The third-order valence-corrected chi connectivity index (χ3v) is 2.97. The van der Waals surface area contributed by atoms with Crippen LogP contribution in [0, 0.1) is 13.8 Å². The van der Waals surface area contributed by atoms with Gasteiger partial charge in [0.2, 0.25) is 0 Å². The molecular formula is C9H12O4S. The quantitative estimate of drug-likeness (QED) is 0.762. The van der Waals surface area contributed by atoms with Gasteiger partial charge in [-0.25, -0.2) is 0 Å². The third-order valence-electron chi connectivity index (χ3n) is 1.97. The maximum atomic E-state index is 10.9. The van der Waals surface area contributed by atoms with Gasteiger partial charge in [0, 0.05) is 6.07 Å². The molecule has 1 N–H and O–H groups in total. The lowest BCUT2D eigenvalue weighted by Crippen LogP contribution is -2.02. The Kier molecular flexibility index (Phi) is 2.82. The molecule has 0 atom stereocenters. The highest BCUT2D eigenvalue weighted by Gasteiger charge is 2.15. The molecule has 4 nitrogen and oxygen atoms in total. The van der Waals surface area contributed by atoms with E-state index in [9.17, 15) is 8.42 Å². The van der Waals surface area contributed by atoms with Gasteiger partial charge in [0.15, 0.2) is 0 Å². The fraction of sp³-hybridized carbons (Fsp3) is 0.333. The van der Waals surface area contributed by atoms with E-state index < -0.39 is 10.1 Å². The van der Waals surface area contributed by atoms with Crippen LogP contribution in [0.4, 0.5) is 0 Å². The Morgan fingerprint density at radius 2 is 1.79 bits per heavy atom. The van der Waals surface area contributed by atoms with Crippen LogP contribution in [-0.2, 0) is 10.1 Å². The number of hydrogen-bond donors (Lipinski definition) is 1. The molecule has 1 aromatic carbocycles. The van der Waals surface area contributed by atoms with Crippen molar-refractivity contribution in [2.45, 2.75) is 18.7 Å². The second-order valence-corrected chi connectivity index (χ2v) is 4.45. The molecule has 1 rings (SSSR count). The van der Waals surface area contributed by atoms with Crippen molar-refractivity contribution in [1.29, 1.82) is 0 Å². The molecule has 0 aliphatic carbocycles. The van der Waals surface area contributed by atoms with Crippen LogP contribution < -0.4 is 4.74 Å². The molecule has 78 valence electrons. The molecular weight excluding hydrogens is 204 g/mol. The molecule has 0 radical (unpaired) electrons. The number of rotatable bonds is 2. The summed E-state index contributed by atoms with van der Waals surface area (Å²) in [4.78, 5) is -0.111. The molecule has 0 fully saturated rings. The van der Waals surface area contributed by atoms with Crippen molar-refractivity contribution in [3.63, 3.8) is 0 Å². The first kappa shape index (κ1) is 11.0. The van der Waals surface area contributed by atoms with Crippen LogP contribution in [0.3, 0.4) is 0 Å². The lowest BCUT2D eigenvalue weighted by atomic mass is 10.1. The molecule has 5 heteroatoms. The number of benzene rings is 1. The first-order valence-corrected chi connectivity index (χ1v) is 5.43. The lowest BCUT2D eigenvalue weighted by Gasteiger charge is -2.08. The van der Waals surface area contributed by atoms with Crippen LogP contribution >= 0.6 is 0 Å². The van der Waals surface area contributed by atoms with E-state index in [4.69, 9.17) is 9.29 Å². The van der Waals surface area contributed by atoms with Crippen LogP contribution in [0.15, 0.2) is 17.0 Å². The molecule has 14 heavy (non-hydrogen) atoms. The van der Waals surface area contributed by atoms with E-state index in [1.807, 2.05) is 0 Å². The molecule has 0 saturated heterocycles. The molecule has 0 unspecified atom stereocenters. The summed E-state index contributed by atoms with van der Waals surface area (Å²) in [5, 5.41) is 0. The monoisotopic (exact) mass is 216 g/mol. The normalized spacial score (nSPS) is 11.4. The highest BCUT2D eigenvalue weighted by atomic mass is 32.2. The highest BCUT2D eigenvalue weighted by Crippen LogP contribution is 2.25. The summed E-state index contributed by atoms with van der Waals surface area (Å²) in [5.41, 5.74) is 1.34. The summed E-state index contributed by atoms with van der Waals surface area (Å²) < 4.78 is 35.7. The first-order valence-electron chi connectivity index (χ1n) is 3.99. The zero-order valence-electron chi connectivity index (χ0n) is 8.23. The zero-order chi connectivity index (χ0) is 10.9. The van der Waals surface area contributed by atoms with Crippen molar-refractivity contribution in [2.24, 2.45) is 0 Å². The van der Waals surface area contributed by atoms with Crippen LogP contribution in [0.5, 0.6) is 5.75 Å². The molecule has 0 heterocycles. The molecule has 0 saturated carbocycles. The predicted molar refractivity (Wildman–Crippen MR) is 52.3 cm³/mol. The van der Waals surface area contributed by atoms with Gasteiger partial charge >= 0.3 is 0 Å². The van der Waals surface area contributed by atoms with Gasteiger partial charge in [-0.1, -0.05) is 6.07 Å². The van der Waals surface area contributed by atoms with Crippen molar-refractivity contribution in [2.75, 3.05) is 7.11 Å². The predicted octanol–water partition coefficient (Wildman–Crippen LogP) is 1.56. The summed E-state index contributed by atoms with van der Waals surface area (Å²) in [5.74, 6) is 0.447. The largest absolute Gasteiger partial charge is 0.496 e. The van der Waals surface area contributed by atoms with Crippen LogP contribution in [0.1, 0.15) is 11.1 Å². The van der Waals surface area contributed by atoms with Crippen molar-refractivity contribution in [1.82, 2.24) is 0 Å². The topological polar surface area (TPSA) is 63.6 Å². The van der Waals surface area contributed by atoms with E-state index in [2.05, 4.69) is 0 Å². The van der Waals surface area contributed by atoms with Crippen molar-refractivity contribution >= 4 is 10.1 Å². The molecule has 0 amide bonds. The van der Waals surface area contributed by atoms with Crippen molar-refractivity contribution in [3.8, 4) is 5.75 Å². The van der Waals surface area contributed by atoms with Gasteiger partial charge in [-0.3, -0.25) is 4.55 Å². The molecule has 0 aliphatic rings. The fourth-order valence-electron chi connectivity index (χ4n) is 1.31. The summed E-state index contributed by atoms with van der Waals surface area (Å²) in [6.07, 6.45) is 0. The SMILES string of the molecule is COc1cc(S(=O)(=O)O)c(C)cc1C. The molecule has 0 spiro atoms. The summed E-state index contributed by atoms with van der Waals surface area (Å²) in [6.45, 7) is 3.43. The highest BCUT2D eigenvalue weighted by molar-refractivity contribution is 7.85. The molecule has 0 aromatic heterocycles. The van der Waals surface area contributed by atoms with Gasteiger partial charge in [-0.15, -0.1) is 0 Å².